The van der Waals surface area contributed by atoms with Crippen molar-refractivity contribution in [3.63, 3.8) is 0 Å². The molecule has 0 radical (unpaired) electrons. The van der Waals surface area contributed by atoms with Gasteiger partial charge in [0.05, 0.1) is 0 Å². The van der Waals surface area contributed by atoms with E-state index in [0.29, 0.717) is 19.4 Å². The number of fused-ring (bicyclic) bond motifs is 3. The molecule has 172 valence electrons. The number of hydrogen-bond acceptors (Lipinski definition) is 4. The van der Waals surface area contributed by atoms with Crippen LogP contribution in [0.1, 0.15) is 49.1 Å². The van der Waals surface area contributed by atoms with E-state index in [4.69, 9.17) is 4.74 Å². The second-order valence-electron chi connectivity index (χ2n) is 9.20. The molecule has 7 nitrogen and oxygen atoms in total. The van der Waals surface area contributed by atoms with Crippen molar-refractivity contribution in [1.29, 1.82) is 0 Å². The van der Waals surface area contributed by atoms with Crippen molar-refractivity contribution >= 4 is 18.0 Å². The van der Waals surface area contributed by atoms with E-state index in [-0.39, 0.29) is 36.8 Å². The molecule has 33 heavy (non-hydrogen) atoms. The van der Waals surface area contributed by atoms with E-state index in [2.05, 4.69) is 29.6 Å². The van der Waals surface area contributed by atoms with Gasteiger partial charge in [-0.1, -0.05) is 48.5 Å². The summed E-state index contributed by atoms with van der Waals surface area (Å²) in [6.45, 7) is 0.677. The number of alkyl carbamates (subject to hydrolysis) is 1. The van der Waals surface area contributed by atoms with Gasteiger partial charge in [-0.3, -0.25) is 4.79 Å². The summed E-state index contributed by atoms with van der Waals surface area (Å²) in [5.74, 6) is -0.963. The average molecular weight is 449 g/mol. The second-order valence-corrected chi connectivity index (χ2v) is 9.20. The highest BCUT2D eigenvalue weighted by atomic mass is 16.5. The molecule has 5 rings (SSSR count). The van der Waals surface area contributed by atoms with Crippen LogP contribution in [0.25, 0.3) is 11.1 Å². The van der Waals surface area contributed by atoms with Gasteiger partial charge in [0, 0.05) is 24.9 Å². The van der Waals surface area contributed by atoms with Gasteiger partial charge in [-0.05, 0) is 53.9 Å². The molecular weight excluding hydrogens is 420 g/mol. The van der Waals surface area contributed by atoms with Gasteiger partial charge in [0.1, 0.15) is 12.6 Å². The van der Waals surface area contributed by atoms with Crippen LogP contribution in [0.5, 0.6) is 0 Å². The third-order valence-electron chi connectivity index (χ3n) is 7.09. The van der Waals surface area contributed by atoms with Crippen LogP contribution in [0, 0.1) is 5.92 Å². The molecule has 7 heteroatoms. The molecule has 2 N–H and O–H groups in total. The highest BCUT2D eigenvalue weighted by Crippen LogP contribution is 2.44. The molecule has 2 atom stereocenters. The summed E-state index contributed by atoms with van der Waals surface area (Å²) in [4.78, 5) is 38.4. The first kappa shape index (κ1) is 21.5. The summed E-state index contributed by atoms with van der Waals surface area (Å²) >= 11 is 0. The Morgan fingerprint density at radius 2 is 1.64 bits per heavy atom. The molecule has 0 aromatic heterocycles. The minimum absolute atomic E-state index is 0.0231. The third kappa shape index (κ3) is 4.32. The Kier molecular flexibility index (Phi) is 5.79. The molecule has 2 aromatic rings. The van der Waals surface area contributed by atoms with Crippen molar-refractivity contribution in [1.82, 2.24) is 10.2 Å². The first-order valence-corrected chi connectivity index (χ1v) is 11.7. The van der Waals surface area contributed by atoms with Crippen LogP contribution < -0.4 is 5.32 Å². The minimum Gasteiger partial charge on any atom is -0.480 e. The molecule has 0 spiro atoms. The lowest BCUT2D eigenvalue weighted by Crippen LogP contribution is -2.45. The topological polar surface area (TPSA) is 95.9 Å². The number of amides is 2. The van der Waals surface area contributed by atoms with Crippen LogP contribution in [0.2, 0.25) is 0 Å². The van der Waals surface area contributed by atoms with Crippen molar-refractivity contribution < 1.29 is 24.2 Å². The predicted molar refractivity (Wildman–Crippen MR) is 122 cm³/mol. The van der Waals surface area contributed by atoms with Crippen LogP contribution in [-0.2, 0) is 14.3 Å². The Bertz CT molecular complexity index is 1030. The van der Waals surface area contributed by atoms with Gasteiger partial charge in [-0.2, -0.15) is 0 Å². The lowest BCUT2D eigenvalue weighted by molar-refractivity contribution is -0.148. The summed E-state index contributed by atoms with van der Waals surface area (Å²) in [5, 5.41) is 12.3. The standard InChI is InChI=1S/C26H28N2O5/c29-24(28-13-5-10-23(28)25(30)31)14-22(16-11-12-16)27-26(32)33-15-21-19-8-3-1-6-17(19)18-7-2-4-9-20(18)21/h1-4,6-9,16,21-23H,5,10-15H2,(H,27,32)(H,30,31)/t22?,23-/m0/s1. The summed E-state index contributed by atoms with van der Waals surface area (Å²) in [6.07, 6.45) is 2.65. The van der Waals surface area contributed by atoms with Crippen molar-refractivity contribution in [2.45, 2.75) is 50.1 Å². The zero-order valence-electron chi connectivity index (χ0n) is 18.4. The number of carbonyl (C=O) groups excluding carboxylic acids is 2. The number of carbonyl (C=O) groups is 3. The Morgan fingerprint density at radius 1 is 1.00 bits per heavy atom. The molecule has 0 bridgehead atoms. The molecule has 1 aliphatic heterocycles. The van der Waals surface area contributed by atoms with Crippen LogP contribution in [-0.4, -0.2) is 53.2 Å². The Labute approximate surface area is 192 Å². The molecule has 2 aliphatic carbocycles. The third-order valence-corrected chi connectivity index (χ3v) is 7.09. The lowest BCUT2D eigenvalue weighted by atomic mass is 9.98. The van der Waals surface area contributed by atoms with E-state index >= 15 is 0 Å². The second kappa shape index (κ2) is 8.89. The molecular formula is C26H28N2O5. The van der Waals surface area contributed by atoms with Crippen LogP contribution in [0.15, 0.2) is 48.5 Å². The Hall–Kier alpha value is -3.35. The minimum atomic E-state index is -0.965. The lowest BCUT2D eigenvalue weighted by Gasteiger charge is -2.25. The highest BCUT2D eigenvalue weighted by molar-refractivity contribution is 5.85. The maximum Gasteiger partial charge on any atom is 0.407 e. The first-order chi connectivity index (χ1) is 16.0. The molecule has 2 fully saturated rings. The number of benzene rings is 2. The fourth-order valence-corrected chi connectivity index (χ4v) is 5.25. The van der Waals surface area contributed by atoms with Gasteiger partial charge in [-0.15, -0.1) is 0 Å². The van der Waals surface area contributed by atoms with Crippen molar-refractivity contribution in [2.75, 3.05) is 13.2 Å². The summed E-state index contributed by atoms with van der Waals surface area (Å²) in [5.41, 5.74) is 4.63. The molecule has 1 unspecified atom stereocenters. The van der Waals surface area contributed by atoms with E-state index in [1.807, 2.05) is 24.3 Å². The number of nitrogens with one attached hydrogen (secondary N) is 1. The molecule has 2 amide bonds. The molecule has 1 heterocycles. The van der Waals surface area contributed by atoms with Crippen LogP contribution >= 0.6 is 0 Å². The van der Waals surface area contributed by atoms with E-state index < -0.39 is 18.1 Å². The van der Waals surface area contributed by atoms with Crippen molar-refractivity contribution in [3.8, 4) is 11.1 Å². The predicted octanol–water partition coefficient (Wildman–Crippen LogP) is 3.77. The molecule has 2 aromatic carbocycles. The smallest absolute Gasteiger partial charge is 0.407 e. The quantitative estimate of drug-likeness (QED) is 0.672. The number of nitrogens with zero attached hydrogens (tertiary/aromatic N) is 1. The number of carboxylic acids is 1. The normalized spacial score (nSPS) is 20.1. The monoisotopic (exact) mass is 448 g/mol. The van der Waals surface area contributed by atoms with Gasteiger partial charge in [0.25, 0.3) is 0 Å². The Balaban J connectivity index is 1.21. The van der Waals surface area contributed by atoms with E-state index in [1.165, 1.54) is 16.0 Å². The number of rotatable bonds is 7. The number of aliphatic carboxylic acids is 1. The van der Waals surface area contributed by atoms with Crippen molar-refractivity contribution in [3.05, 3.63) is 59.7 Å². The number of carboxylic acid groups (broad SMARTS) is 1. The van der Waals surface area contributed by atoms with Gasteiger partial charge in [0.2, 0.25) is 5.91 Å². The SMILES string of the molecule is O=C(NC(CC(=O)N1CCC[C@H]1C(=O)O)C1CC1)OCC1c2ccccc2-c2ccccc21. The van der Waals surface area contributed by atoms with Crippen molar-refractivity contribution in [2.24, 2.45) is 5.92 Å². The van der Waals surface area contributed by atoms with Crippen LogP contribution in [0.3, 0.4) is 0 Å². The average Bonchev–Trinajstić information content (AvgIpc) is 3.45. The first-order valence-electron chi connectivity index (χ1n) is 11.7. The summed E-state index contributed by atoms with van der Waals surface area (Å²) < 4.78 is 5.65. The molecule has 3 aliphatic rings. The van der Waals surface area contributed by atoms with Crippen LogP contribution in [0.4, 0.5) is 4.79 Å². The van der Waals surface area contributed by atoms with Gasteiger partial charge in [0.15, 0.2) is 0 Å². The van der Waals surface area contributed by atoms with Gasteiger partial charge >= 0.3 is 12.1 Å². The highest BCUT2D eigenvalue weighted by Gasteiger charge is 2.39. The van der Waals surface area contributed by atoms with E-state index in [0.717, 1.165) is 24.0 Å². The summed E-state index contributed by atoms with van der Waals surface area (Å²) in [7, 11) is 0. The largest absolute Gasteiger partial charge is 0.480 e. The molecule has 1 saturated heterocycles. The fraction of sp³-hybridized carbons (Fsp3) is 0.423. The van der Waals surface area contributed by atoms with Gasteiger partial charge in [-0.25, -0.2) is 9.59 Å². The zero-order chi connectivity index (χ0) is 22.9. The maximum absolute atomic E-state index is 12.8. The van der Waals surface area contributed by atoms with E-state index in [1.54, 1.807) is 0 Å². The van der Waals surface area contributed by atoms with E-state index in [9.17, 15) is 19.5 Å². The Morgan fingerprint density at radius 3 is 2.24 bits per heavy atom. The van der Waals surface area contributed by atoms with Gasteiger partial charge < -0.3 is 20.1 Å². The zero-order valence-corrected chi connectivity index (χ0v) is 18.4. The summed E-state index contributed by atoms with van der Waals surface area (Å²) in [6, 6.07) is 15.2. The number of hydrogen-bond donors (Lipinski definition) is 2. The number of likely N-dealkylation sites (tertiary alicyclic amines) is 1. The fourth-order valence-electron chi connectivity index (χ4n) is 5.25. The molecule has 1 saturated carbocycles. The maximum atomic E-state index is 12.8. The number of ether oxygens (including phenoxy) is 1.